The predicted octanol–water partition coefficient (Wildman–Crippen LogP) is 4.91. The van der Waals surface area contributed by atoms with Crippen LogP contribution in [0.5, 0.6) is 0 Å². The van der Waals surface area contributed by atoms with Gasteiger partial charge in [-0.1, -0.05) is 11.6 Å². The van der Waals surface area contributed by atoms with Gasteiger partial charge in [0.25, 0.3) is 0 Å². The van der Waals surface area contributed by atoms with Crippen molar-refractivity contribution in [2.75, 3.05) is 5.32 Å². The Labute approximate surface area is 124 Å². The van der Waals surface area contributed by atoms with Gasteiger partial charge in [0.05, 0.1) is 5.69 Å². The van der Waals surface area contributed by atoms with Crippen LogP contribution in [0.4, 0.5) is 11.5 Å². The van der Waals surface area contributed by atoms with Gasteiger partial charge in [0, 0.05) is 21.3 Å². The number of halogens is 3. The van der Waals surface area contributed by atoms with Gasteiger partial charge >= 0.3 is 0 Å². The molecule has 6 heteroatoms. The van der Waals surface area contributed by atoms with Crippen molar-refractivity contribution in [2.45, 2.75) is 13.8 Å². The summed E-state index contributed by atoms with van der Waals surface area (Å²) in [5, 5.41) is 4.06. The number of aryl methyl sites for hydroxylation is 2. The van der Waals surface area contributed by atoms with Crippen molar-refractivity contribution in [3.8, 4) is 0 Å². The molecule has 94 valence electrons. The molecule has 1 aromatic carbocycles. The molecule has 0 amide bonds. The second-order valence-electron chi connectivity index (χ2n) is 3.87. The number of anilines is 2. The molecule has 0 aliphatic heterocycles. The average Bonchev–Trinajstić information content (AvgIpc) is 2.24. The fourth-order valence-electron chi connectivity index (χ4n) is 1.48. The molecule has 0 aliphatic rings. The highest BCUT2D eigenvalue weighted by Gasteiger charge is 2.06. The van der Waals surface area contributed by atoms with Crippen molar-refractivity contribution in [1.29, 1.82) is 0 Å². The Morgan fingerprint density at radius 1 is 1.11 bits per heavy atom. The van der Waals surface area contributed by atoms with Crippen molar-refractivity contribution in [1.82, 2.24) is 9.97 Å². The lowest BCUT2D eigenvalue weighted by Gasteiger charge is -2.10. The smallest absolute Gasteiger partial charge is 0.224 e. The highest BCUT2D eigenvalue weighted by molar-refractivity contribution is 9.10. The second-order valence-corrected chi connectivity index (χ2v) is 5.47. The van der Waals surface area contributed by atoms with Crippen LogP contribution in [0, 0.1) is 13.8 Å². The molecular weight excluding hydrogens is 337 g/mol. The molecule has 0 atom stereocenters. The summed E-state index contributed by atoms with van der Waals surface area (Å²) < 4.78 is 0.914. The van der Waals surface area contributed by atoms with E-state index < -0.39 is 0 Å². The summed E-state index contributed by atoms with van der Waals surface area (Å²) in [6.07, 6.45) is 0. The van der Waals surface area contributed by atoms with E-state index in [1.165, 1.54) is 0 Å². The van der Waals surface area contributed by atoms with E-state index in [2.05, 4.69) is 31.2 Å². The zero-order valence-electron chi connectivity index (χ0n) is 9.76. The molecule has 0 radical (unpaired) electrons. The van der Waals surface area contributed by atoms with Crippen LogP contribution in [0.1, 0.15) is 11.3 Å². The quantitative estimate of drug-likeness (QED) is 0.785. The van der Waals surface area contributed by atoms with Gasteiger partial charge in [-0.25, -0.2) is 9.97 Å². The Morgan fingerprint density at radius 2 is 1.83 bits per heavy atom. The van der Waals surface area contributed by atoms with Gasteiger partial charge in [-0.2, -0.15) is 0 Å². The summed E-state index contributed by atoms with van der Waals surface area (Å²) in [6.45, 7) is 3.80. The standard InChI is InChI=1S/C12H10BrCl2N3/c1-6-3-8(13)10(5-9(6)14)17-11-4-7(2)16-12(15)18-11/h3-5H,1-2H3,(H,16,17,18). The summed E-state index contributed by atoms with van der Waals surface area (Å²) in [5.74, 6) is 0.633. The van der Waals surface area contributed by atoms with Crippen LogP contribution in [0.2, 0.25) is 10.3 Å². The van der Waals surface area contributed by atoms with Gasteiger partial charge in [-0.15, -0.1) is 0 Å². The molecule has 0 aliphatic carbocycles. The summed E-state index contributed by atoms with van der Waals surface area (Å²) >= 11 is 15.4. The van der Waals surface area contributed by atoms with Crippen LogP contribution < -0.4 is 5.32 Å². The Kier molecular flexibility index (Phi) is 4.10. The van der Waals surface area contributed by atoms with Crippen molar-refractivity contribution in [3.63, 3.8) is 0 Å². The van der Waals surface area contributed by atoms with Gasteiger partial charge in [0.2, 0.25) is 5.28 Å². The first-order chi connectivity index (χ1) is 8.45. The lowest BCUT2D eigenvalue weighted by Crippen LogP contribution is -1.98. The fourth-order valence-corrected chi connectivity index (χ4v) is 2.42. The van der Waals surface area contributed by atoms with Crippen LogP contribution >= 0.6 is 39.1 Å². The third-order valence-corrected chi connectivity index (χ3v) is 3.57. The van der Waals surface area contributed by atoms with E-state index in [-0.39, 0.29) is 5.28 Å². The van der Waals surface area contributed by atoms with Crippen molar-refractivity contribution in [3.05, 3.63) is 44.2 Å². The van der Waals surface area contributed by atoms with Gasteiger partial charge < -0.3 is 5.32 Å². The number of hydrogen-bond donors (Lipinski definition) is 1. The minimum absolute atomic E-state index is 0.215. The minimum atomic E-state index is 0.215. The largest absolute Gasteiger partial charge is 0.339 e. The normalized spacial score (nSPS) is 10.5. The maximum atomic E-state index is 6.09. The highest BCUT2D eigenvalue weighted by Crippen LogP contribution is 2.31. The number of nitrogens with one attached hydrogen (secondary N) is 1. The van der Waals surface area contributed by atoms with Gasteiger partial charge in [-0.05, 0) is 59.1 Å². The average molecular weight is 347 g/mol. The van der Waals surface area contributed by atoms with Crippen LogP contribution in [-0.4, -0.2) is 9.97 Å². The van der Waals surface area contributed by atoms with E-state index in [4.69, 9.17) is 23.2 Å². The molecule has 0 saturated heterocycles. The Bertz CT molecular complexity index is 582. The molecular formula is C12H10BrCl2N3. The third-order valence-electron chi connectivity index (χ3n) is 2.34. The molecule has 0 bridgehead atoms. The summed E-state index contributed by atoms with van der Waals surface area (Å²) in [4.78, 5) is 8.11. The van der Waals surface area contributed by atoms with E-state index in [9.17, 15) is 0 Å². The van der Waals surface area contributed by atoms with Crippen molar-refractivity contribution < 1.29 is 0 Å². The van der Waals surface area contributed by atoms with Crippen molar-refractivity contribution >= 4 is 50.6 Å². The first-order valence-electron chi connectivity index (χ1n) is 5.19. The van der Waals surface area contributed by atoms with Gasteiger partial charge in [-0.3, -0.25) is 0 Å². The van der Waals surface area contributed by atoms with Crippen LogP contribution in [0.25, 0.3) is 0 Å². The summed E-state index contributed by atoms with van der Waals surface area (Å²) in [5.41, 5.74) is 2.64. The van der Waals surface area contributed by atoms with E-state index in [0.29, 0.717) is 10.8 Å². The van der Waals surface area contributed by atoms with E-state index >= 15 is 0 Å². The summed E-state index contributed by atoms with van der Waals surface area (Å²) in [6, 6.07) is 5.60. The predicted molar refractivity (Wildman–Crippen MR) is 79.0 cm³/mol. The Hall–Kier alpha value is -0.840. The van der Waals surface area contributed by atoms with Crippen LogP contribution in [0.15, 0.2) is 22.7 Å². The zero-order valence-corrected chi connectivity index (χ0v) is 12.9. The van der Waals surface area contributed by atoms with Crippen molar-refractivity contribution in [2.24, 2.45) is 0 Å². The lowest BCUT2D eigenvalue weighted by atomic mass is 10.2. The number of benzene rings is 1. The fraction of sp³-hybridized carbons (Fsp3) is 0.167. The second kappa shape index (κ2) is 5.43. The number of nitrogens with zero attached hydrogens (tertiary/aromatic N) is 2. The maximum Gasteiger partial charge on any atom is 0.224 e. The molecule has 18 heavy (non-hydrogen) atoms. The van der Waals surface area contributed by atoms with Gasteiger partial charge in [0.15, 0.2) is 0 Å². The maximum absolute atomic E-state index is 6.09. The van der Waals surface area contributed by atoms with Crippen LogP contribution in [-0.2, 0) is 0 Å². The third kappa shape index (κ3) is 3.13. The number of rotatable bonds is 2. The molecule has 0 spiro atoms. The molecule has 3 nitrogen and oxygen atoms in total. The molecule has 1 N–H and O–H groups in total. The first kappa shape index (κ1) is 13.6. The van der Waals surface area contributed by atoms with E-state index in [1.54, 1.807) is 0 Å². The molecule has 2 aromatic rings. The molecule has 0 unspecified atom stereocenters. The lowest BCUT2D eigenvalue weighted by molar-refractivity contribution is 1.10. The van der Waals surface area contributed by atoms with Gasteiger partial charge in [0.1, 0.15) is 5.82 Å². The monoisotopic (exact) mass is 345 g/mol. The Balaban J connectivity index is 2.36. The highest BCUT2D eigenvalue weighted by atomic mass is 79.9. The number of hydrogen-bond acceptors (Lipinski definition) is 3. The van der Waals surface area contributed by atoms with E-state index in [0.717, 1.165) is 21.4 Å². The van der Waals surface area contributed by atoms with Crippen LogP contribution in [0.3, 0.4) is 0 Å². The first-order valence-corrected chi connectivity index (χ1v) is 6.74. The Morgan fingerprint density at radius 3 is 2.50 bits per heavy atom. The van der Waals surface area contributed by atoms with E-state index in [1.807, 2.05) is 32.0 Å². The minimum Gasteiger partial charge on any atom is -0.339 e. The summed E-state index contributed by atoms with van der Waals surface area (Å²) in [7, 11) is 0. The number of aromatic nitrogens is 2. The molecule has 1 aromatic heterocycles. The molecule has 2 rings (SSSR count). The SMILES string of the molecule is Cc1cc(Nc2cc(Cl)c(C)cc2Br)nc(Cl)n1. The molecule has 0 saturated carbocycles. The zero-order chi connectivity index (χ0) is 13.3. The molecule has 0 fully saturated rings. The topological polar surface area (TPSA) is 37.8 Å². The molecule has 1 heterocycles.